The molecule has 0 aliphatic carbocycles. The van der Waals surface area contributed by atoms with E-state index in [1.165, 1.54) is 51.4 Å². The third-order valence-electron chi connectivity index (χ3n) is 3.41. The fourth-order valence-electron chi connectivity index (χ4n) is 2.17. The summed E-state index contributed by atoms with van der Waals surface area (Å²) >= 11 is 0. The van der Waals surface area contributed by atoms with Gasteiger partial charge in [0.05, 0.1) is 0 Å². The standard InChI is InChI=1S/C18H32O2/c1-2-3-4-5-6-7-8-9-10-11-12-13-14-15-16-17-18(19)20/h2-3,12-13H,4-11,14-17H2,1H3,(H,19,20). The van der Waals surface area contributed by atoms with Gasteiger partial charge in [-0.25, -0.2) is 0 Å². The van der Waals surface area contributed by atoms with E-state index in [1.54, 1.807) is 0 Å². The Kier molecular flexibility index (Phi) is 15.2. The van der Waals surface area contributed by atoms with Gasteiger partial charge in [0.25, 0.3) is 0 Å². The molecule has 0 rings (SSSR count). The summed E-state index contributed by atoms with van der Waals surface area (Å²) in [7, 11) is 0. The van der Waals surface area contributed by atoms with Crippen molar-refractivity contribution >= 4 is 5.97 Å². The van der Waals surface area contributed by atoms with Crippen molar-refractivity contribution in [3.05, 3.63) is 24.3 Å². The van der Waals surface area contributed by atoms with Gasteiger partial charge < -0.3 is 5.11 Å². The van der Waals surface area contributed by atoms with E-state index >= 15 is 0 Å². The topological polar surface area (TPSA) is 37.3 Å². The van der Waals surface area contributed by atoms with Gasteiger partial charge in [-0.3, -0.25) is 4.79 Å². The highest BCUT2D eigenvalue weighted by Gasteiger charge is 1.94. The molecule has 0 aliphatic rings. The molecule has 0 fully saturated rings. The fraction of sp³-hybridized carbons (Fsp3) is 0.722. The third-order valence-corrected chi connectivity index (χ3v) is 3.41. The molecule has 1 N–H and O–H groups in total. The van der Waals surface area contributed by atoms with Crippen LogP contribution in [0.3, 0.4) is 0 Å². The van der Waals surface area contributed by atoms with Crippen LogP contribution in [-0.4, -0.2) is 11.1 Å². The number of rotatable bonds is 14. The number of allylic oxidation sites excluding steroid dienone is 4. The van der Waals surface area contributed by atoms with Crippen LogP contribution in [0.5, 0.6) is 0 Å². The normalized spacial score (nSPS) is 11.7. The Morgan fingerprint density at radius 2 is 1.20 bits per heavy atom. The SMILES string of the molecule is CC=CCCCCCCCCC=CCCCCC(=O)O. The van der Waals surface area contributed by atoms with E-state index in [1.807, 2.05) is 0 Å². The molecule has 0 amide bonds. The molecule has 20 heavy (non-hydrogen) atoms. The summed E-state index contributed by atoms with van der Waals surface area (Å²) in [5, 5.41) is 8.50. The molecule has 2 nitrogen and oxygen atoms in total. The van der Waals surface area contributed by atoms with Crippen molar-refractivity contribution in [2.75, 3.05) is 0 Å². The lowest BCUT2D eigenvalue weighted by Crippen LogP contribution is -1.92. The second kappa shape index (κ2) is 16.0. The molecule has 0 saturated heterocycles. The van der Waals surface area contributed by atoms with Crippen LogP contribution in [0.15, 0.2) is 24.3 Å². The Morgan fingerprint density at radius 3 is 1.70 bits per heavy atom. The van der Waals surface area contributed by atoms with Crippen LogP contribution >= 0.6 is 0 Å². The molecular weight excluding hydrogens is 248 g/mol. The number of hydrogen-bond donors (Lipinski definition) is 1. The van der Waals surface area contributed by atoms with Gasteiger partial charge in [0.2, 0.25) is 0 Å². The van der Waals surface area contributed by atoms with Crippen LogP contribution in [0.25, 0.3) is 0 Å². The van der Waals surface area contributed by atoms with Crippen molar-refractivity contribution < 1.29 is 9.90 Å². The molecule has 116 valence electrons. The van der Waals surface area contributed by atoms with E-state index in [0.29, 0.717) is 6.42 Å². The minimum absolute atomic E-state index is 0.307. The van der Waals surface area contributed by atoms with E-state index in [9.17, 15) is 4.79 Å². The molecule has 0 bridgehead atoms. The zero-order valence-electron chi connectivity index (χ0n) is 13.2. The second-order valence-corrected chi connectivity index (χ2v) is 5.38. The molecule has 0 aromatic carbocycles. The number of hydrogen-bond acceptors (Lipinski definition) is 1. The monoisotopic (exact) mass is 280 g/mol. The predicted molar refractivity (Wildman–Crippen MR) is 87.0 cm³/mol. The predicted octanol–water partition coefficient (Wildman–Crippen LogP) is 5.88. The zero-order valence-corrected chi connectivity index (χ0v) is 13.2. The van der Waals surface area contributed by atoms with Crippen LogP contribution in [0, 0.1) is 0 Å². The number of unbranched alkanes of at least 4 members (excludes halogenated alkanes) is 9. The largest absolute Gasteiger partial charge is 0.481 e. The van der Waals surface area contributed by atoms with Crippen LogP contribution < -0.4 is 0 Å². The summed E-state index contributed by atoms with van der Waals surface area (Å²) < 4.78 is 0. The summed E-state index contributed by atoms with van der Waals surface area (Å²) in [5.41, 5.74) is 0. The molecule has 0 aromatic heterocycles. The van der Waals surface area contributed by atoms with Crippen molar-refractivity contribution in [1.29, 1.82) is 0 Å². The average Bonchev–Trinajstić information content (AvgIpc) is 2.43. The van der Waals surface area contributed by atoms with Gasteiger partial charge in [-0.05, 0) is 51.9 Å². The van der Waals surface area contributed by atoms with Crippen molar-refractivity contribution in [2.45, 2.75) is 84.0 Å². The molecule has 0 saturated carbocycles. The second-order valence-electron chi connectivity index (χ2n) is 5.38. The van der Waals surface area contributed by atoms with Gasteiger partial charge in [-0.15, -0.1) is 0 Å². The van der Waals surface area contributed by atoms with Crippen LogP contribution in [0.4, 0.5) is 0 Å². The van der Waals surface area contributed by atoms with E-state index in [4.69, 9.17) is 5.11 Å². The summed E-state index contributed by atoms with van der Waals surface area (Å²) in [6.45, 7) is 2.08. The smallest absolute Gasteiger partial charge is 0.303 e. The maximum Gasteiger partial charge on any atom is 0.303 e. The van der Waals surface area contributed by atoms with Crippen molar-refractivity contribution in [3.8, 4) is 0 Å². The first kappa shape index (κ1) is 18.9. The zero-order chi connectivity index (χ0) is 14.9. The number of carboxylic acids is 1. The maximum absolute atomic E-state index is 10.3. The minimum atomic E-state index is -0.681. The molecule has 0 atom stereocenters. The first-order chi connectivity index (χ1) is 9.77. The highest BCUT2D eigenvalue weighted by molar-refractivity contribution is 5.66. The Bertz CT molecular complexity index is 267. The lowest BCUT2D eigenvalue weighted by molar-refractivity contribution is -0.137. The van der Waals surface area contributed by atoms with Crippen LogP contribution in [0.2, 0.25) is 0 Å². The van der Waals surface area contributed by atoms with E-state index in [0.717, 1.165) is 19.3 Å². The average molecular weight is 280 g/mol. The van der Waals surface area contributed by atoms with Crippen molar-refractivity contribution in [1.82, 2.24) is 0 Å². The van der Waals surface area contributed by atoms with Gasteiger partial charge in [0.1, 0.15) is 0 Å². The van der Waals surface area contributed by atoms with Gasteiger partial charge in [0, 0.05) is 6.42 Å². The van der Waals surface area contributed by atoms with Gasteiger partial charge >= 0.3 is 5.97 Å². The summed E-state index contributed by atoms with van der Waals surface area (Å²) in [6.07, 6.45) is 22.5. The molecular formula is C18H32O2. The molecule has 0 unspecified atom stereocenters. The summed E-state index contributed by atoms with van der Waals surface area (Å²) in [4.78, 5) is 10.3. The maximum atomic E-state index is 10.3. The Balaban J connectivity index is 3.10. The lowest BCUT2D eigenvalue weighted by atomic mass is 10.1. The van der Waals surface area contributed by atoms with Crippen LogP contribution in [0.1, 0.15) is 84.0 Å². The Morgan fingerprint density at radius 1 is 0.750 bits per heavy atom. The number of aliphatic carboxylic acids is 1. The molecule has 0 spiro atoms. The Hall–Kier alpha value is -1.05. The van der Waals surface area contributed by atoms with Crippen molar-refractivity contribution in [2.24, 2.45) is 0 Å². The fourth-order valence-corrected chi connectivity index (χ4v) is 2.17. The van der Waals surface area contributed by atoms with Gasteiger partial charge in [-0.2, -0.15) is 0 Å². The molecule has 0 radical (unpaired) electrons. The lowest BCUT2D eigenvalue weighted by Gasteiger charge is -1.99. The molecule has 0 heterocycles. The minimum Gasteiger partial charge on any atom is -0.481 e. The molecule has 0 aromatic rings. The summed E-state index contributed by atoms with van der Waals surface area (Å²) in [6, 6.07) is 0. The highest BCUT2D eigenvalue weighted by atomic mass is 16.4. The summed E-state index contributed by atoms with van der Waals surface area (Å²) in [5.74, 6) is -0.681. The van der Waals surface area contributed by atoms with E-state index < -0.39 is 5.97 Å². The first-order valence-electron chi connectivity index (χ1n) is 8.25. The van der Waals surface area contributed by atoms with Gasteiger partial charge in [-0.1, -0.05) is 50.0 Å². The first-order valence-corrected chi connectivity index (χ1v) is 8.25. The van der Waals surface area contributed by atoms with Crippen LogP contribution in [-0.2, 0) is 4.79 Å². The number of carbonyl (C=O) groups is 1. The van der Waals surface area contributed by atoms with Gasteiger partial charge in [0.15, 0.2) is 0 Å². The van der Waals surface area contributed by atoms with Crippen molar-refractivity contribution in [3.63, 3.8) is 0 Å². The highest BCUT2D eigenvalue weighted by Crippen LogP contribution is 2.09. The number of carboxylic acid groups (broad SMARTS) is 1. The molecule has 0 aliphatic heterocycles. The Labute approximate surface area is 125 Å². The third kappa shape index (κ3) is 16.9. The quantitative estimate of drug-likeness (QED) is 0.318. The molecule has 2 heteroatoms. The van der Waals surface area contributed by atoms with E-state index in [-0.39, 0.29) is 0 Å². The van der Waals surface area contributed by atoms with E-state index in [2.05, 4.69) is 31.2 Å².